The van der Waals surface area contributed by atoms with E-state index in [1.807, 2.05) is 6.92 Å². The minimum absolute atomic E-state index is 0.332. The van der Waals surface area contributed by atoms with E-state index in [9.17, 15) is 18.0 Å². The Balaban J connectivity index is 2.17. The van der Waals surface area contributed by atoms with Gasteiger partial charge in [0.1, 0.15) is 6.10 Å². The minimum Gasteiger partial charge on any atom is -0.401 e. The highest BCUT2D eigenvalue weighted by molar-refractivity contribution is 5.91. The van der Waals surface area contributed by atoms with Gasteiger partial charge in [-0.05, 0) is 37.1 Å². The molecule has 2 rings (SSSR count). The Morgan fingerprint density at radius 3 is 2.56 bits per heavy atom. The number of ether oxygens (including phenoxy) is 1. The third kappa shape index (κ3) is 6.51. The second kappa shape index (κ2) is 11.1. The fourth-order valence-corrected chi connectivity index (χ4v) is 3.38. The van der Waals surface area contributed by atoms with Crippen LogP contribution in [-0.4, -0.2) is 24.3 Å². The van der Waals surface area contributed by atoms with Crippen LogP contribution in [0.15, 0.2) is 59.7 Å². The average molecular weight is 454 g/mol. The zero-order valence-corrected chi connectivity index (χ0v) is 18.4. The maximum atomic E-state index is 13.2. The van der Waals surface area contributed by atoms with Crippen LogP contribution < -0.4 is 22.2 Å². The van der Waals surface area contributed by atoms with Crippen LogP contribution in [-0.2, 0) is 10.9 Å². The van der Waals surface area contributed by atoms with Gasteiger partial charge in [-0.3, -0.25) is 5.01 Å². The highest BCUT2D eigenvalue weighted by atomic mass is 19.4. The summed E-state index contributed by atoms with van der Waals surface area (Å²) in [6.45, 7) is 3.88. The van der Waals surface area contributed by atoms with E-state index >= 15 is 0 Å². The second-order valence-electron chi connectivity index (χ2n) is 7.50. The number of nitrogens with two attached hydrogens (primary N) is 2. The highest BCUT2D eigenvalue weighted by Crippen LogP contribution is 2.34. The van der Waals surface area contributed by atoms with Crippen LogP contribution in [0.2, 0.25) is 0 Å². The first-order valence-corrected chi connectivity index (χ1v) is 10.3. The third-order valence-electron chi connectivity index (χ3n) is 5.08. The van der Waals surface area contributed by atoms with Crippen LogP contribution in [0.1, 0.15) is 38.7 Å². The van der Waals surface area contributed by atoms with E-state index in [2.05, 4.69) is 17.6 Å². The molecule has 32 heavy (non-hydrogen) atoms. The van der Waals surface area contributed by atoms with Gasteiger partial charge in [-0.15, -0.1) is 0 Å². The molecular weight excluding hydrogens is 423 g/mol. The Bertz CT molecular complexity index is 896. The Labute approximate surface area is 185 Å². The molecule has 0 spiro atoms. The Kier molecular flexibility index (Phi) is 8.73. The summed E-state index contributed by atoms with van der Waals surface area (Å²) in [6, 6.07) is 3.98. The molecule has 1 aromatic carbocycles. The lowest BCUT2D eigenvalue weighted by atomic mass is 9.92. The molecule has 0 aliphatic heterocycles. The van der Waals surface area contributed by atoms with Crippen molar-refractivity contribution in [1.82, 2.24) is 10.3 Å². The smallest absolute Gasteiger partial charge is 0.401 e. The van der Waals surface area contributed by atoms with Gasteiger partial charge in [0.2, 0.25) is 0 Å². The SMILES string of the molecule is CCCC/C(N)=C/N(N)C1=CC=C(NC(=O)Nc2ccccc2C(F)(F)F)C(C)C1OC. The molecular formula is C22H30F3N5O2. The first kappa shape index (κ1) is 25.3. The number of carbonyl (C=O) groups is 1. The molecule has 0 bridgehead atoms. The van der Waals surface area contributed by atoms with Crippen molar-refractivity contribution in [2.45, 2.75) is 45.4 Å². The number of benzene rings is 1. The molecule has 176 valence electrons. The number of halogens is 3. The van der Waals surface area contributed by atoms with Crippen molar-refractivity contribution in [2.75, 3.05) is 12.4 Å². The lowest BCUT2D eigenvalue weighted by molar-refractivity contribution is -0.136. The van der Waals surface area contributed by atoms with Crippen molar-refractivity contribution < 1.29 is 22.7 Å². The van der Waals surface area contributed by atoms with Gasteiger partial charge in [0, 0.05) is 30.6 Å². The number of hydrogen-bond donors (Lipinski definition) is 4. The number of carbonyl (C=O) groups excluding carboxylic acids is 1. The number of hydrazine groups is 1. The van der Waals surface area contributed by atoms with E-state index in [1.165, 1.54) is 30.3 Å². The lowest BCUT2D eigenvalue weighted by Gasteiger charge is -2.34. The molecule has 1 aliphatic carbocycles. The number of methoxy groups -OCH3 is 1. The van der Waals surface area contributed by atoms with Gasteiger partial charge in [-0.25, -0.2) is 10.6 Å². The van der Waals surface area contributed by atoms with Crippen LogP contribution in [0.5, 0.6) is 0 Å². The van der Waals surface area contributed by atoms with Gasteiger partial charge in [0.25, 0.3) is 0 Å². The van der Waals surface area contributed by atoms with E-state index in [0.717, 1.165) is 18.9 Å². The monoisotopic (exact) mass is 453 g/mol. The van der Waals surface area contributed by atoms with Gasteiger partial charge in [-0.2, -0.15) is 13.2 Å². The summed E-state index contributed by atoms with van der Waals surface area (Å²) in [7, 11) is 1.51. The van der Waals surface area contributed by atoms with E-state index in [-0.39, 0.29) is 11.6 Å². The standard InChI is InChI=1S/C22H30F3N5O2/c1-4-5-8-15(26)13-30(27)19-12-11-17(14(2)20(19)32-3)28-21(31)29-18-10-7-6-9-16(18)22(23,24)25/h6-7,9-14,20H,4-5,8,26-27H2,1-3H3,(H2,28,29,31)/b15-13-. The summed E-state index contributed by atoms with van der Waals surface area (Å²) in [5.41, 5.74) is 6.49. The molecule has 6 N–H and O–H groups in total. The number of nitrogens with one attached hydrogen (secondary N) is 2. The fraction of sp³-hybridized carbons (Fsp3) is 0.409. The molecule has 0 saturated heterocycles. The van der Waals surface area contributed by atoms with E-state index in [0.29, 0.717) is 23.5 Å². The molecule has 2 amide bonds. The maximum absolute atomic E-state index is 13.2. The topological polar surface area (TPSA) is 106 Å². The molecule has 0 radical (unpaired) electrons. The minimum atomic E-state index is -4.59. The van der Waals surface area contributed by atoms with Crippen LogP contribution in [0.3, 0.4) is 0 Å². The van der Waals surface area contributed by atoms with E-state index in [1.54, 1.807) is 18.4 Å². The Morgan fingerprint density at radius 2 is 1.94 bits per heavy atom. The van der Waals surface area contributed by atoms with Crippen LogP contribution in [0.4, 0.5) is 23.7 Å². The summed E-state index contributed by atoms with van der Waals surface area (Å²) < 4.78 is 45.0. The van der Waals surface area contributed by atoms with Crippen molar-refractivity contribution >= 4 is 11.7 Å². The Hall–Kier alpha value is -2.98. The molecule has 0 aromatic heterocycles. The van der Waals surface area contributed by atoms with Crippen molar-refractivity contribution in [3.63, 3.8) is 0 Å². The zero-order valence-electron chi connectivity index (χ0n) is 18.4. The number of para-hydroxylation sites is 1. The number of alkyl halides is 3. The number of anilines is 1. The summed E-state index contributed by atoms with van der Waals surface area (Å²) in [6.07, 6.45) is 2.53. The number of hydrogen-bond acceptors (Lipinski definition) is 5. The number of amides is 2. The zero-order chi connectivity index (χ0) is 23.9. The number of rotatable bonds is 8. The van der Waals surface area contributed by atoms with E-state index in [4.69, 9.17) is 16.3 Å². The van der Waals surface area contributed by atoms with Crippen LogP contribution >= 0.6 is 0 Å². The number of unbranched alkanes of at least 4 members (excludes halogenated alkanes) is 1. The quantitative estimate of drug-likeness (QED) is 0.344. The summed E-state index contributed by atoms with van der Waals surface area (Å²) in [5.74, 6) is 5.82. The fourth-order valence-electron chi connectivity index (χ4n) is 3.38. The molecule has 2 unspecified atom stereocenters. The molecule has 0 saturated carbocycles. The molecule has 2 atom stereocenters. The first-order chi connectivity index (χ1) is 15.1. The molecule has 0 heterocycles. The Morgan fingerprint density at radius 1 is 1.25 bits per heavy atom. The van der Waals surface area contributed by atoms with Gasteiger partial charge >= 0.3 is 12.2 Å². The van der Waals surface area contributed by atoms with Gasteiger partial charge in [0.15, 0.2) is 0 Å². The van der Waals surface area contributed by atoms with Gasteiger partial charge in [0.05, 0.1) is 16.9 Å². The van der Waals surface area contributed by atoms with Crippen molar-refractivity contribution in [3.8, 4) is 0 Å². The second-order valence-corrected chi connectivity index (χ2v) is 7.50. The van der Waals surface area contributed by atoms with Gasteiger partial charge in [-0.1, -0.05) is 32.4 Å². The van der Waals surface area contributed by atoms with Crippen molar-refractivity contribution in [1.29, 1.82) is 0 Å². The maximum Gasteiger partial charge on any atom is 0.418 e. The lowest BCUT2D eigenvalue weighted by Crippen LogP contribution is -2.42. The summed E-state index contributed by atoms with van der Waals surface area (Å²) in [4.78, 5) is 12.4. The van der Waals surface area contributed by atoms with Crippen molar-refractivity contribution in [3.05, 3.63) is 65.3 Å². The summed E-state index contributed by atoms with van der Waals surface area (Å²) in [5, 5.41) is 6.26. The molecule has 1 aromatic rings. The largest absolute Gasteiger partial charge is 0.418 e. The highest BCUT2D eigenvalue weighted by Gasteiger charge is 2.34. The predicted octanol–water partition coefficient (Wildman–Crippen LogP) is 4.43. The number of allylic oxidation sites excluding steroid dienone is 3. The molecule has 7 nitrogen and oxygen atoms in total. The predicted molar refractivity (Wildman–Crippen MR) is 118 cm³/mol. The number of urea groups is 1. The first-order valence-electron chi connectivity index (χ1n) is 10.3. The van der Waals surface area contributed by atoms with Crippen LogP contribution in [0.25, 0.3) is 0 Å². The van der Waals surface area contributed by atoms with Gasteiger partial charge < -0.3 is 21.1 Å². The van der Waals surface area contributed by atoms with Crippen molar-refractivity contribution in [2.24, 2.45) is 17.5 Å². The third-order valence-corrected chi connectivity index (χ3v) is 5.08. The molecule has 0 fully saturated rings. The summed E-state index contributed by atoms with van der Waals surface area (Å²) >= 11 is 0. The normalized spacial score (nSPS) is 19.2. The van der Waals surface area contributed by atoms with Crippen LogP contribution in [0, 0.1) is 5.92 Å². The molecule has 10 heteroatoms. The number of nitrogens with zero attached hydrogens (tertiary/aromatic N) is 1. The van der Waals surface area contributed by atoms with E-state index < -0.39 is 23.9 Å². The molecule has 1 aliphatic rings. The average Bonchev–Trinajstić information content (AvgIpc) is 2.73.